The summed E-state index contributed by atoms with van der Waals surface area (Å²) in [6.07, 6.45) is 1.50. The number of rotatable bonds is 1. The molecule has 0 aliphatic rings. The minimum absolute atomic E-state index is 0.0752. The van der Waals surface area contributed by atoms with E-state index in [4.69, 9.17) is 10.9 Å². The molecule has 0 fully saturated rings. The van der Waals surface area contributed by atoms with Crippen molar-refractivity contribution >= 4 is 5.84 Å². The summed E-state index contributed by atoms with van der Waals surface area (Å²) in [5.74, 6) is 0.0752. The van der Waals surface area contributed by atoms with Crippen LogP contribution in [0.4, 0.5) is 0 Å². The maximum absolute atomic E-state index is 8.25. The van der Waals surface area contributed by atoms with E-state index in [0.717, 1.165) is 5.69 Å². The van der Waals surface area contributed by atoms with Gasteiger partial charge in [0.1, 0.15) is 0 Å². The molecule has 1 rings (SSSR count). The second kappa shape index (κ2) is 2.38. The van der Waals surface area contributed by atoms with Crippen molar-refractivity contribution in [2.24, 2.45) is 10.9 Å². The minimum Gasteiger partial charge on any atom is -0.409 e. The topological polar surface area (TPSA) is 87.3 Å². The number of nitrogens with two attached hydrogens (primary N) is 1. The molecule has 4 N–H and O–H groups in total. The molecule has 0 spiro atoms. The lowest BCUT2D eigenvalue weighted by Crippen LogP contribution is -2.13. The van der Waals surface area contributed by atoms with E-state index in [0.29, 0.717) is 5.56 Å². The van der Waals surface area contributed by atoms with Crippen LogP contribution in [-0.4, -0.2) is 21.2 Å². The van der Waals surface area contributed by atoms with Crippen molar-refractivity contribution in [2.45, 2.75) is 6.92 Å². The molecule has 0 saturated heterocycles. The molecular weight excluding hydrogens is 132 g/mol. The minimum atomic E-state index is 0.0752. The van der Waals surface area contributed by atoms with Gasteiger partial charge in [-0.3, -0.25) is 5.10 Å². The zero-order valence-corrected chi connectivity index (χ0v) is 5.50. The first-order valence-corrected chi connectivity index (χ1v) is 2.73. The van der Waals surface area contributed by atoms with E-state index in [2.05, 4.69) is 15.4 Å². The number of aromatic amines is 1. The van der Waals surface area contributed by atoms with Gasteiger partial charge in [0.2, 0.25) is 0 Å². The van der Waals surface area contributed by atoms with E-state index >= 15 is 0 Å². The normalized spacial score (nSPS) is 11.9. The standard InChI is InChI=1S/C5H8N4O/c1-3-4(2-7-8-3)5(6)9-10/h2,10H,1H3,(H2,6,9)(H,7,8). The highest BCUT2D eigenvalue weighted by Crippen LogP contribution is 2.00. The molecule has 54 valence electrons. The molecule has 5 nitrogen and oxygen atoms in total. The van der Waals surface area contributed by atoms with Crippen LogP contribution < -0.4 is 5.73 Å². The molecule has 1 aromatic rings. The molecule has 1 aromatic heterocycles. The number of hydrogen-bond acceptors (Lipinski definition) is 3. The molecule has 0 radical (unpaired) electrons. The SMILES string of the molecule is Cc1[nH]ncc1/C(N)=N/O. The smallest absolute Gasteiger partial charge is 0.173 e. The lowest BCUT2D eigenvalue weighted by molar-refractivity contribution is 0.318. The van der Waals surface area contributed by atoms with Gasteiger partial charge >= 0.3 is 0 Å². The summed E-state index contributed by atoms with van der Waals surface area (Å²) < 4.78 is 0. The van der Waals surface area contributed by atoms with Crippen LogP contribution in [0.5, 0.6) is 0 Å². The molecular formula is C5H8N4O. The van der Waals surface area contributed by atoms with Gasteiger partial charge in [0, 0.05) is 5.69 Å². The molecule has 5 heteroatoms. The average Bonchev–Trinajstić information content (AvgIpc) is 2.34. The highest BCUT2D eigenvalue weighted by Gasteiger charge is 2.03. The van der Waals surface area contributed by atoms with E-state index in [1.807, 2.05) is 0 Å². The van der Waals surface area contributed by atoms with Crippen molar-refractivity contribution in [3.05, 3.63) is 17.5 Å². The van der Waals surface area contributed by atoms with Gasteiger partial charge in [-0.15, -0.1) is 0 Å². The lowest BCUT2D eigenvalue weighted by Gasteiger charge is -1.91. The summed E-state index contributed by atoms with van der Waals surface area (Å²) in [7, 11) is 0. The van der Waals surface area contributed by atoms with Crippen LogP contribution in [0.3, 0.4) is 0 Å². The van der Waals surface area contributed by atoms with E-state index < -0.39 is 0 Å². The van der Waals surface area contributed by atoms with Crippen LogP contribution in [0.1, 0.15) is 11.3 Å². The maximum Gasteiger partial charge on any atom is 0.173 e. The molecule has 0 aliphatic heterocycles. The number of hydrogen-bond donors (Lipinski definition) is 3. The number of aryl methyl sites for hydroxylation is 1. The summed E-state index contributed by atoms with van der Waals surface area (Å²) in [6, 6.07) is 0. The molecule has 1 heterocycles. The molecule has 0 unspecified atom stereocenters. The largest absolute Gasteiger partial charge is 0.409 e. The first-order valence-electron chi connectivity index (χ1n) is 2.73. The quantitative estimate of drug-likeness (QED) is 0.219. The second-order valence-electron chi connectivity index (χ2n) is 1.89. The van der Waals surface area contributed by atoms with Gasteiger partial charge in [0.05, 0.1) is 11.8 Å². The van der Waals surface area contributed by atoms with E-state index in [9.17, 15) is 0 Å². The molecule has 0 bridgehead atoms. The fourth-order valence-corrected chi connectivity index (χ4v) is 0.663. The Morgan fingerprint density at radius 1 is 1.90 bits per heavy atom. The highest BCUT2D eigenvalue weighted by molar-refractivity contribution is 5.97. The second-order valence-corrected chi connectivity index (χ2v) is 1.89. The Labute approximate surface area is 57.5 Å². The summed E-state index contributed by atoms with van der Waals surface area (Å²) in [4.78, 5) is 0. The Bertz CT molecular complexity index is 252. The number of amidine groups is 1. The van der Waals surface area contributed by atoms with Crippen LogP contribution in [0.2, 0.25) is 0 Å². The Morgan fingerprint density at radius 2 is 2.60 bits per heavy atom. The zero-order valence-electron chi connectivity index (χ0n) is 5.50. The molecule has 0 aromatic carbocycles. The van der Waals surface area contributed by atoms with E-state index in [1.54, 1.807) is 6.92 Å². The predicted molar refractivity (Wildman–Crippen MR) is 35.8 cm³/mol. The fraction of sp³-hybridized carbons (Fsp3) is 0.200. The van der Waals surface area contributed by atoms with Crippen LogP contribution in [0.15, 0.2) is 11.4 Å². The zero-order chi connectivity index (χ0) is 7.56. The lowest BCUT2D eigenvalue weighted by atomic mass is 10.2. The van der Waals surface area contributed by atoms with Crippen LogP contribution in [0, 0.1) is 6.92 Å². The number of H-pyrrole nitrogens is 1. The van der Waals surface area contributed by atoms with Gasteiger partial charge in [-0.1, -0.05) is 5.16 Å². The van der Waals surface area contributed by atoms with Crippen molar-refractivity contribution < 1.29 is 5.21 Å². The summed E-state index contributed by atoms with van der Waals surface area (Å²) in [5.41, 5.74) is 6.69. The highest BCUT2D eigenvalue weighted by atomic mass is 16.4. The van der Waals surface area contributed by atoms with Crippen molar-refractivity contribution in [3.8, 4) is 0 Å². The third-order valence-electron chi connectivity index (χ3n) is 1.21. The predicted octanol–water partition coefficient (Wildman–Crippen LogP) is -0.187. The van der Waals surface area contributed by atoms with Gasteiger partial charge in [0.25, 0.3) is 0 Å². The Hall–Kier alpha value is -1.52. The van der Waals surface area contributed by atoms with E-state index in [-0.39, 0.29) is 5.84 Å². The average molecular weight is 140 g/mol. The van der Waals surface area contributed by atoms with Crippen molar-refractivity contribution in [1.82, 2.24) is 10.2 Å². The molecule has 0 saturated carbocycles. The van der Waals surface area contributed by atoms with Crippen molar-refractivity contribution in [1.29, 1.82) is 0 Å². The number of aromatic nitrogens is 2. The summed E-state index contributed by atoms with van der Waals surface area (Å²) >= 11 is 0. The van der Waals surface area contributed by atoms with Crippen LogP contribution in [-0.2, 0) is 0 Å². The molecule has 0 atom stereocenters. The third-order valence-corrected chi connectivity index (χ3v) is 1.21. The summed E-state index contributed by atoms with van der Waals surface area (Å²) in [5, 5.41) is 17.4. The Kier molecular flexibility index (Phi) is 1.57. The van der Waals surface area contributed by atoms with Crippen LogP contribution in [0.25, 0.3) is 0 Å². The van der Waals surface area contributed by atoms with E-state index in [1.165, 1.54) is 6.20 Å². The van der Waals surface area contributed by atoms with Gasteiger partial charge in [0.15, 0.2) is 5.84 Å². The monoisotopic (exact) mass is 140 g/mol. The van der Waals surface area contributed by atoms with Crippen LogP contribution >= 0.6 is 0 Å². The first-order chi connectivity index (χ1) is 4.75. The van der Waals surface area contributed by atoms with Gasteiger partial charge in [-0.05, 0) is 6.92 Å². The number of oxime groups is 1. The van der Waals surface area contributed by atoms with Crippen molar-refractivity contribution in [3.63, 3.8) is 0 Å². The first kappa shape index (κ1) is 6.60. The van der Waals surface area contributed by atoms with Crippen molar-refractivity contribution in [2.75, 3.05) is 0 Å². The third kappa shape index (κ3) is 0.928. The Morgan fingerprint density at radius 3 is 3.00 bits per heavy atom. The maximum atomic E-state index is 8.25. The molecule has 0 aliphatic carbocycles. The molecule has 0 amide bonds. The van der Waals surface area contributed by atoms with Gasteiger partial charge in [-0.2, -0.15) is 5.10 Å². The van der Waals surface area contributed by atoms with Gasteiger partial charge < -0.3 is 10.9 Å². The van der Waals surface area contributed by atoms with Gasteiger partial charge in [-0.25, -0.2) is 0 Å². The Balaban J connectivity index is 3.05. The summed E-state index contributed by atoms with van der Waals surface area (Å²) in [6.45, 7) is 1.79. The number of nitrogens with zero attached hydrogens (tertiary/aromatic N) is 2. The fourth-order valence-electron chi connectivity index (χ4n) is 0.663. The number of nitrogens with one attached hydrogen (secondary N) is 1. The molecule has 10 heavy (non-hydrogen) atoms.